The molecule has 0 spiro atoms. The van der Waals surface area contributed by atoms with Crippen molar-refractivity contribution in [1.29, 1.82) is 0 Å². The number of primary amides is 3. The van der Waals surface area contributed by atoms with Crippen LogP contribution in [0.5, 0.6) is 0 Å². The molecule has 0 bridgehead atoms. The van der Waals surface area contributed by atoms with Crippen LogP contribution in [0, 0.1) is 18.8 Å². The SMILES string of the molecule is Cc1c(N)nc([C@@H](CC[C@H](N)C(N)=O)CC(N)=O)nc1C(=O)N[C@H](C(=O)N[C@H](C)[C@@H](O)[C@H](C)C(=O)C[C@H](C(=O)NCCc1nc(-c2nc(C(=O)NCCCNCCCCN)cs2)cs1)[C@@H](C)O)[C@@H](OC1OC(CO)C(O)C(O)C1OC1OC(CO)C(O)C(OC(N)=O)C1O)c1cnc[nH]1. The lowest BCUT2D eigenvalue weighted by molar-refractivity contribution is -0.372. The van der Waals surface area contributed by atoms with Crippen molar-refractivity contribution in [2.45, 2.75) is 183 Å². The number of amides is 7. The van der Waals surface area contributed by atoms with Crippen LogP contribution < -0.4 is 61.0 Å². The molecule has 10 unspecified atom stereocenters. The molecular weight excluding hydrogens is 1350 g/mol. The van der Waals surface area contributed by atoms with E-state index in [1.807, 2.05) is 0 Å². The summed E-state index contributed by atoms with van der Waals surface area (Å²) >= 11 is 2.53. The lowest BCUT2D eigenvalue weighted by Crippen LogP contribution is -2.65. The third kappa shape index (κ3) is 22.3. The van der Waals surface area contributed by atoms with Gasteiger partial charge in [-0.3, -0.25) is 33.6 Å². The van der Waals surface area contributed by atoms with Gasteiger partial charge in [0.05, 0.1) is 66.6 Å². The fourth-order valence-electron chi connectivity index (χ4n) is 10.7. The smallest absolute Gasteiger partial charge is 0.404 e. The monoisotopic (exact) mass is 1440 g/mol. The number of H-pyrrole nitrogens is 1. The number of aromatic amines is 1. The number of aliphatic hydroxyl groups is 8. The Morgan fingerprint density at radius 3 is 2.10 bits per heavy atom. The maximum absolute atomic E-state index is 15.2. The van der Waals surface area contributed by atoms with Crippen molar-refractivity contribution in [2.24, 2.45) is 40.5 Å². The first kappa shape index (κ1) is 80.5. The Morgan fingerprint density at radius 1 is 0.758 bits per heavy atom. The summed E-state index contributed by atoms with van der Waals surface area (Å²) in [6.45, 7) is 5.92. The van der Waals surface area contributed by atoms with Crippen molar-refractivity contribution in [3.05, 3.63) is 56.8 Å². The number of ether oxygens (including phenoxy) is 5. The predicted molar refractivity (Wildman–Crippen MR) is 348 cm³/mol. The first-order chi connectivity index (χ1) is 47.0. The molecule has 19 atom stereocenters. The number of ketones is 1. The lowest BCUT2D eigenvalue weighted by atomic mass is 9.87. The first-order valence-electron chi connectivity index (χ1n) is 31.8. The van der Waals surface area contributed by atoms with E-state index in [2.05, 4.69) is 56.5 Å². The number of anilines is 1. The topological polar surface area (TPSA) is 641 Å². The number of hydrogen-bond donors (Lipinski definition) is 20. The van der Waals surface area contributed by atoms with Crippen molar-refractivity contribution < 1.29 is 103 Å². The van der Waals surface area contributed by atoms with Gasteiger partial charge in [-0.05, 0) is 72.5 Å². The zero-order chi connectivity index (χ0) is 72.9. The van der Waals surface area contributed by atoms with Gasteiger partial charge in [0, 0.05) is 60.5 Å². The Labute approximate surface area is 575 Å². The highest BCUT2D eigenvalue weighted by atomic mass is 32.1. The van der Waals surface area contributed by atoms with Crippen LogP contribution in [0.1, 0.15) is 121 Å². The second-order valence-corrected chi connectivity index (χ2v) is 25.8. The third-order valence-electron chi connectivity index (χ3n) is 16.6. The van der Waals surface area contributed by atoms with Crippen molar-refractivity contribution in [3.63, 3.8) is 0 Å². The van der Waals surface area contributed by atoms with Crippen LogP contribution in [-0.4, -0.2) is 256 Å². The molecule has 99 heavy (non-hydrogen) atoms. The van der Waals surface area contributed by atoms with E-state index in [0.29, 0.717) is 28.8 Å². The summed E-state index contributed by atoms with van der Waals surface area (Å²) in [6.07, 6.45) is -22.8. The van der Waals surface area contributed by atoms with E-state index in [0.717, 1.165) is 44.9 Å². The number of aromatic nitrogens is 6. The second kappa shape index (κ2) is 38.4. The Bertz CT molecular complexity index is 3320. The Hall–Kier alpha value is -7.49. The highest BCUT2D eigenvalue weighted by Gasteiger charge is 2.54. The van der Waals surface area contributed by atoms with Crippen molar-refractivity contribution >= 4 is 75.8 Å². The fraction of sp³-hybridized carbons (Fsp3) is 0.644. The molecule has 550 valence electrons. The Balaban J connectivity index is 1.23. The fourth-order valence-corrected chi connectivity index (χ4v) is 12.3. The number of hydrogen-bond acceptors (Lipinski definition) is 32. The molecule has 40 heteroatoms. The maximum Gasteiger partial charge on any atom is 0.404 e. The van der Waals surface area contributed by atoms with E-state index in [9.17, 15) is 74.4 Å². The zero-order valence-corrected chi connectivity index (χ0v) is 56.4. The molecule has 2 saturated heterocycles. The highest BCUT2D eigenvalue weighted by Crippen LogP contribution is 2.35. The van der Waals surface area contributed by atoms with Crippen LogP contribution in [0.25, 0.3) is 10.7 Å². The third-order valence-corrected chi connectivity index (χ3v) is 18.4. The number of nitrogen functional groups attached to an aromatic ring is 1. The van der Waals surface area contributed by atoms with Crippen LogP contribution in [0.4, 0.5) is 10.6 Å². The minimum atomic E-state index is -2.19. The number of nitrogens with zero attached hydrogens (tertiary/aromatic N) is 5. The number of aliphatic hydroxyl groups excluding tert-OH is 8. The number of nitrogens with one attached hydrogen (secondary N) is 6. The molecular formula is C59H91N17O21S2. The van der Waals surface area contributed by atoms with Gasteiger partial charge in [-0.1, -0.05) is 6.92 Å². The van der Waals surface area contributed by atoms with Gasteiger partial charge >= 0.3 is 6.09 Å². The normalized spacial score (nSPS) is 23.6. The van der Waals surface area contributed by atoms with Crippen molar-refractivity contribution in [3.8, 4) is 10.7 Å². The summed E-state index contributed by atoms with van der Waals surface area (Å²) in [6, 6.07) is -4.80. The Kier molecular flexibility index (Phi) is 31.2. The standard InChI is InChI=1S/C59H91N17O21S2/c1-24(34(80)17-29(27(4)79)52(88)69-15-10-38-72-33(22-98-38)56-73-32(21-99-56)53(89)68-14-7-13-66-12-6-5-11-60)41(82)26(3)71-55(91)40(75-54(90)39-25(2)49(63)76-51(74-39)28(16-37(62)81)8-9-30(61)50(64)87)46(31-18-67-23-70-31)95-58-48(44(85)42(83)35(19-77)94-58)96-57-45(86)47(97-59(65)92)43(84)36(20-78)93-57/h18,21-24,26-30,35-36,40-48,57-58,66,77-79,82-86H,5-17,19-20,60-61H2,1-4H3,(H2,62,81)(H2,64,87)(H2,65,92)(H,67,70)(H,68,89)(H,69,88)(H,71,91)(H,75,90)(H2,63,74,76)/t24-,26-,27-,28+,29+,30+,35?,36?,40+,41+,42?,43?,44?,45?,46+,47?,48?,57?,58?/m1/s1. The van der Waals surface area contributed by atoms with Gasteiger partial charge in [0.25, 0.3) is 11.8 Å². The molecule has 26 N–H and O–H groups in total. The number of unbranched alkanes of at least 4 members (excludes halogenated alkanes) is 1. The summed E-state index contributed by atoms with van der Waals surface area (Å²) in [5, 5.41) is 107. The largest absolute Gasteiger partial charge is 0.441 e. The van der Waals surface area contributed by atoms with Gasteiger partial charge in [0.2, 0.25) is 23.6 Å². The molecule has 2 fully saturated rings. The number of Topliss-reactive ketones (excluding diaryl/α,β-unsaturated/α-hetero) is 1. The summed E-state index contributed by atoms with van der Waals surface area (Å²) in [5.74, 6) is -10.2. The molecule has 2 aliphatic heterocycles. The zero-order valence-electron chi connectivity index (χ0n) is 54.8. The summed E-state index contributed by atoms with van der Waals surface area (Å²) in [4.78, 5) is 131. The van der Waals surface area contributed by atoms with E-state index < -0.39 is 189 Å². The van der Waals surface area contributed by atoms with Crippen LogP contribution in [-0.2, 0) is 54.1 Å². The van der Waals surface area contributed by atoms with E-state index in [1.165, 1.54) is 50.4 Å². The van der Waals surface area contributed by atoms with Gasteiger partial charge in [0.1, 0.15) is 94.4 Å². The summed E-state index contributed by atoms with van der Waals surface area (Å²) < 4.78 is 28.8. The molecule has 6 heterocycles. The molecule has 7 amide bonds. The maximum atomic E-state index is 15.2. The molecule has 6 rings (SSSR count). The minimum absolute atomic E-state index is 0.0288. The summed E-state index contributed by atoms with van der Waals surface area (Å²) in [5.41, 5.74) is 33.9. The quantitative estimate of drug-likeness (QED) is 0.0184. The minimum Gasteiger partial charge on any atom is -0.441 e. The van der Waals surface area contributed by atoms with Gasteiger partial charge in [-0.15, -0.1) is 22.7 Å². The predicted octanol–water partition coefficient (Wildman–Crippen LogP) is -5.93. The van der Waals surface area contributed by atoms with E-state index >= 15 is 4.79 Å². The van der Waals surface area contributed by atoms with Crippen LogP contribution in [0.15, 0.2) is 23.3 Å². The lowest BCUT2D eigenvalue weighted by Gasteiger charge is -2.47. The number of imidazole rings is 1. The Morgan fingerprint density at radius 2 is 1.45 bits per heavy atom. The van der Waals surface area contributed by atoms with Gasteiger partial charge < -0.3 is 131 Å². The van der Waals surface area contributed by atoms with Gasteiger partial charge in [-0.25, -0.2) is 29.7 Å². The number of carbonyl (C=O) groups excluding carboxylic acids is 8. The van der Waals surface area contributed by atoms with Gasteiger partial charge in [-0.2, -0.15) is 0 Å². The average molecular weight is 1440 g/mol. The second-order valence-electron chi connectivity index (χ2n) is 24.0. The average Bonchev–Trinajstić information content (AvgIpc) is 0.884. The van der Waals surface area contributed by atoms with Crippen molar-refractivity contribution in [1.82, 2.24) is 56.5 Å². The molecule has 0 saturated carbocycles. The van der Waals surface area contributed by atoms with E-state index in [-0.39, 0.29) is 60.3 Å². The molecule has 0 aliphatic carbocycles. The van der Waals surface area contributed by atoms with E-state index in [1.54, 1.807) is 10.8 Å². The molecule has 0 radical (unpaired) electrons. The number of thiazole rings is 2. The van der Waals surface area contributed by atoms with Crippen LogP contribution >= 0.6 is 22.7 Å². The number of carbonyl (C=O) groups is 8. The van der Waals surface area contributed by atoms with Crippen molar-refractivity contribution in [2.75, 3.05) is 51.7 Å². The highest BCUT2D eigenvalue weighted by molar-refractivity contribution is 7.14. The molecule has 0 aromatic carbocycles. The van der Waals surface area contributed by atoms with E-state index in [4.69, 9.17) is 58.1 Å². The molecule has 4 aromatic heterocycles. The molecule has 38 nitrogen and oxygen atoms in total. The number of nitrogens with two attached hydrogens (primary N) is 6. The van der Waals surface area contributed by atoms with Gasteiger partial charge in [0.15, 0.2) is 18.7 Å². The number of rotatable bonds is 40. The molecule has 2 aliphatic rings. The first-order valence-corrected chi connectivity index (χ1v) is 33.6. The summed E-state index contributed by atoms with van der Waals surface area (Å²) in [7, 11) is 0. The van der Waals surface area contributed by atoms with Crippen LogP contribution in [0.3, 0.4) is 0 Å². The van der Waals surface area contributed by atoms with Crippen LogP contribution in [0.2, 0.25) is 0 Å². The molecule has 4 aromatic rings.